The van der Waals surface area contributed by atoms with Crippen molar-refractivity contribution in [2.45, 2.75) is 45.1 Å². The normalized spacial score (nSPS) is 17.6. The van der Waals surface area contributed by atoms with Gasteiger partial charge in [0.15, 0.2) is 0 Å². The Morgan fingerprint density at radius 1 is 1.14 bits per heavy atom. The number of piperidine rings is 1. The van der Waals surface area contributed by atoms with Crippen molar-refractivity contribution < 1.29 is 4.74 Å². The van der Waals surface area contributed by atoms with Crippen molar-refractivity contribution in [1.29, 1.82) is 0 Å². The second kappa shape index (κ2) is 9.06. The van der Waals surface area contributed by atoms with E-state index in [0.717, 1.165) is 18.7 Å². The Labute approximate surface area is 129 Å². The van der Waals surface area contributed by atoms with Gasteiger partial charge in [-0.2, -0.15) is 0 Å². The summed E-state index contributed by atoms with van der Waals surface area (Å²) in [5.41, 5.74) is 1.36. The lowest BCUT2D eigenvalue weighted by molar-refractivity contribution is 0.224. The van der Waals surface area contributed by atoms with Crippen LogP contribution in [0.1, 0.15) is 50.6 Å². The van der Waals surface area contributed by atoms with E-state index in [9.17, 15) is 0 Å². The van der Waals surface area contributed by atoms with E-state index in [1.165, 1.54) is 50.9 Å². The van der Waals surface area contributed by atoms with Crippen LogP contribution in [0.4, 0.5) is 0 Å². The third-order valence-electron chi connectivity index (χ3n) is 4.42. The summed E-state index contributed by atoms with van der Waals surface area (Å²) in [4.78, 5) is 2.61. The second-order valence-electron chi connectivity index (χ2n) is 5.94. The van der Waals surface area contributed by atoms with Crippen molar-refractivity contribution >= 4 is 0 Å². The van der Waals surface area contributed by atoms with Crippen LogP contribution in [-0.2, 0) is 0 Å². The van der Waals surface area contributed by atoms with Gasteiger partial charge < -0.3 is 15.0 Å². The lowest BCUT2D eigenvalue weighted by Crippen LogP contribution is -2.32. The molecule has 0 bridgehead atoms. The first-order valence-corrected chi connectivity index (χ1v) is 8.43. The van der Waals surface area contributed by atoms with Crippen LogP contribution in [0.15, 0.2) is 24.3 Å². The summed E-state index contributed by atoms with van der Waals surface area (Å²) >= 11 is 0. The number of likely N-dealkylation sites (tertiary alicyclic amines) is 1. The van der Waals surface area contributed by atoms with Crippen molar-refractivity contribution in [2.24, 2.45) is 0 Å². The van der Waals surface area contributed by atoms with E-state index in [-0.39, 0.29) is 0 Å². The Kier molecular flexibility index (Phi) is 7.04. The molecule has 1 aromatic carbocycles. The molecule has 1 saturated heterocycles. The van der Waals surface area contributed by atoms with Gasteiger partial charge in [0.25, 0.3) is 0 Å². The van der Waals surface area contributed by atoms with Crippen LogP contribution in [-0.4, -0.2) is 38.2 Å². The highest BCUT2D eigenvalue weighted by Gasteiger charge is 2.11. The van der Waals surface area contributed by atoms with Gasteiger partial charge in [0.2, 0.25) is 0 Å². The molecule has 1 aromatic rings. The summed E-state index contributed by atoms with van der Waals surface area (Å²) in [7, 11) is 1.71. The summed E-state index contributed by atoms with van der Waals surface area (Å²) in [6, 6.07) is 8.90. The Hall–Kier alpha value is -1.06. The first-order valence-electron chi connectivity index (χ1n) is 8.43. The average Bonchev–Trinajstić information content (AvgIpc) is 2.56. The van der Waals surface area contributed by atoms with E-state index in [2.05, 4.69) is 29.3 Å². The molecule has 1 N–H and O–H groups in total. The van der Waals surface area contributed by atoms with Gasteiger partial charge >= 0.3 is 0 Å². The molecule has 2 rings (SSSR count). The average molecular weight is 290 g/mol. The van der Waals surface area contributed by atoms with Crippen LogP contribution in [0.25, 0.3) is 0 Å². The number of hydrogen-bond acceptors (Lipinski definition) is 3. The fraction of sp³-hybridized carbons (Fsp3) is 0.667. The molecule has 0 aromatic heterocycles. The smallest absolute Gasteiger partial charge is 0.118 e. The van der Waals surface area contributed by atoms with Gasteiger partial charge in [-0.3, -0.25) is 0 Å². The minimum Gasteiger partial charge on any atom is -0.497 e. The maximum absolute atomic E-state index is 5.22. The van der Waals surface area contributed by atoms with Crippen molar-refractivity contribution in [3.05, 3.63) is 29.8 Å². The van der Waals surface area contributed by atoms with Gasteiger partial charge in [-0.1, -0.05) is 25.5 Å². The molecule has 1 aliphatic rings. The molecular formula is C18H30N2O. The molecule has 1 unspecified atom stereocenters. The van der Waals surface area contributed by atoms with E-state index < -0.39 is 0 Å². The molecule has 3 heteroatoms. The zero-order valence-corrected chi connectivity index (χ0v) is 13.6. The summed E-state index contributed by atoms with van der Waals surface area (Å²) in [6.45, 7) is 7.19. The van der Waals surface area contributed by atoms with Crippen LogP contribution in [0.5, 0.6) is 5.75 Å². The highest BCUT2D eigenvalue weighted by molar-refractivity contribution is 5.29. The van der Waals surface area contributed by atoms with Gasteiger partial charge in [-0.15, -0.1) is 0 Å². The highest BCUT2D eigenvalue weighted by Crippen LogP contribution is 2.20. The van der Waals surface area contributed by atoms with Gasteiger partial charge in [-0.05, 0) is 69.6 Å². The minimum atomic E-state index is 0.456. The lowest BCUT2D eigenvalue weighted by Gasteiger charge is -2.26. The van der Waals surface area contributed by atoms with E-state index in [0.29, 0.717) is 6.04 Å². The quantitative estimate of drug-likeness (QED) is 0.740. The highest BCUT2D eigenvalue weighted by atomic mass is 16.5. The Bertz CT molecular complexity index is 385. The molecule has 3 nitrogen and oxygen atoms in total. The van der Waals surface area contributed by atoms with Gasteiger partial charge in [-0.25, -0.2) is 0 Å². The monoisotopic (exact) mass is 290 g/mol. The topological polar surface area (TPSA) is 24.5 Å². The van der Waals surface area contributed by atoms with E-state index in [1.54, 1.807) is 7.11 Å². The molecule has 0 saturated carbocycles. The number of hydrogen-bond donors (Lipinski definition) is 1. The number of benzene rings is 1. The molecular weight excluding hydrogens is 260 g/mol. The third kappa shape index (κ3) is 5.33. The Morgan fingerprint density at radius 3 is 2.48 bits per heavy atom. The molecule has 0 aliphatic carbocycles. The second-order valence-corrected chi connectivity index (χ2v) is 5.94. The maximum atomic E-state index is 5.22. The van der Waals surface area contributed by atoms with Crippen molar-refractivity contribution in [3.8, 4) is 5.75 Å². The molecule has 0 amide bonds. The first-order chi connectivity index (χ1) is 10.3. The maximum Gasteiger partial charge on any atom is 0.118 e. The minimum absolute atomic E-state index is 0.456. The van der Waals surface area contributed by atoms with Gasteiger partial charge in [0, 0.05) is 6.04 Å². The summed E-state index contributed by atoms with van der Waals surface area (Å²) in [5.74, 6) is 0.929. The fourth-order valence-electron chi connectivity index (χ4n) is 3.10. The van der Waals surface area contributed by atoms with Crippen molar-refractivity contribution in [2.75, 3.05) is 33.3 Å². The zero-order valence-electron chi connectivity index (χ0n) is 13.6. The van der Waals surface area contributed by atoms with Gasteiger partial charge in [0.1, 0.15) is 5.75 Å². The largest absolute Gasteiger partial charge is 0.497 e. The number of methoxy groups -OCH3 is 1. The zero-order chi connectivity index (χ0) is 14.9. The van der Waals surface area contributed by atoms with Crippen molar-refractivity contribution in [3.63, 3.8) is 0 Å². The van der Waals surface area contributed by atoms with Crippen LogP contribution in [0.2, 0.25) is 0 Å². The van der Waals surface area contributed by atoms with Crippen molar-refractivity contribution in [1.82, 2.24) is 10.2 Å². The summed E-state index contributed by atoms with van der Waals surface area (Å²) in [5, 5.41) is 3.70. The van der Waals surface area contributed by atoms with Crippen LogP contribution in [0.3, 0.4) is 0 Å². The molecule has 1 fully saturated rings. The predicted octanol–water partition coefficient (Wildman–Crippen LogP) is 3.61. The molecule has 0 radical (unpaired) electrons. The Balaban J connectivity index is 1.71. The van der Waals surface area contributed by atoms with Crippen LogP contribution >= 0.6 is 0 Å². The van der Waals surface area contributed by atoms with Crippen LogP contribution < -0.4 is 10.1 Å². The SMILES string of the molecule is CCC(NCCCN1CCCCC1)c1ccc(OC)cc1. The van der Waals surface area contributed by atoms with Gasteiger partial charge in [0.05, 0.1) is 7.11 Å². The van der Waals surface area contributed by atoms with E-state index in [1.807, 2.05) is 12.1 Å². The lowest BCUT2D eigenvalue weighted by atomic mass is 10.0. The third-order valence-corrected chi connectivity index (χ3v) is 4.42. The molecule has 118 valence electrons. The van der Waals surface area contributed by atoms with E-state index >= 15 is 0 Å². The van der Waals surface area contributed by atoms with E-state index in [4.69, 9.17) is 4.74 Å². The number of nitrogens with one attached hydrogen (secondary N) is 1. The Morgan fingerprint density at radius 2 is 1.86 bits per heavy atom. The number of nitrogens with zero attached hydrogens (tertiary/aromatic N) is 1. The molecule has 0 spiro atoms. The molecule has 1 heterocycles. The molecule has 21 heavy (non-hydrogen) atoms. The fourth-order valence-corrected chi connectivity index (χ4v) is 3.10. The standard InChI is InChI=1S/C18H30N2O/c1-3-18(16-8-10-17(21-2)11-9-16)19-12-7-15-20-13-5-4-6-14-20/h8-11,18-19H,3-7,12-15H2,1-2H3. The van der Waals surface area contributed by atoms with Crippen LogP contribution in [0, 0.1) is 0 Å². The predicted molar refractivity (Wildman–Crippen MR) is 88.9 cm³/mol. The summed E-state index contributed by atoms with van der Waals surface area (Å²) in [6.07, 6.45) is 6.56. The first kappa shape index (κ1) is 16.3. The molecule has 1 aliphatic heterocycles. The number of rotatable bonds is 8. The summed E-state index contributed by atoms with van der Waals surface area (Å²) < 4.78 is 5.22. The molecule has 1 atom stereocenters. The number of ether oxygens (including phenoxy) is 1.